The first-order chi connectivity index (χ1) is 19.7. The first-order valence-corrected chi connectivity index (χ1v) is 12.7. The molecule has 2 aliphatic rings. The monoisotopic (exact) mass is 618 g/mol. The summed E-state index contributed by atoms with van der Waals surface area (Å²) in [7, 11) is 0. The third kappa shape index (κ3) is 6.76. The van der Waals surface area contributed by atoms with E-state index in [1.54, 1.807) is 0 Å². The number of aliphatic hydroxyl groups excluding tert-OH is 1. The number of nitrogens with zero attached hydrogens (tertiary/aromatic N) is 1. The van der Waals surface area contributed by atoms with Gasteiger partial charge in [0.05, 0.1) is 23.8 Å². The van der Waals surface area contributed by atoms with Crippen molar-refractivity contribution in [3.63, 3.8) is 0 Å². The molecular formula is C26H25ClF6N6O3. The summed E-state index contributed by atoms with van der Waals surface area (Å²) in [5.41, 5.74) is 0.637. The molecule has 9 nitrogen and oxygen atoms in total. The lowest BCUT2D eigenvalue weighted by Gasteiger charge is -2.41. The van der Waals surface area contributed by atoms with Gasteiger partial charge in [0.15, 0.2) is 17.5 Å². The number of amidine groups is 2. The lowest BCUT2D eigenvalue weighted by molar-refractivity contribution is -0.147. The number of rotatable bonds is 6. The third-order valence-corrected chi connectivity index (χ3v) is 6.69. The molecular weight excluding hydrogens is 594 g/mol. The highest BCUT2D eigenvalue weighted by Crippen LogP contribution is 2.37. The number of nitrogens with one attached hydrogen (secondary N) is 5. The molecule has 2 heterocycles. The van der Waals surface area contributed by atoms with E-state index in [-0.39, 0.29) is 40.1 Å². The van der Waals surface area contributed by atoms with E-state index in [2.05, 4.69) is 21.1 Å². The van der Waals surface area contributed by atoms with Crippen LogP contribution in [0.5, 0.6) is 0 Å². The summed E-state index contributed by atoms with van der Waals surface area (Å²) in [6, 6.07) is 3.15. The van der Waals surface area contributed by atoms with E-state index >= 15 is 0 Å². The number of fused-ring (bicyclic) bond motifs is 1. The first kappa shape index (κ1) is 31.4. The molecule has 0 aromatic heterocycles. The van der Waals surface area contributed by atoms with E-state index in [1.807, 2.05) is 0 Å². The van der Waals surface area contributed by atoms with E-state index in [0.29, 0.717) is 12.1 Å². The number of benzene rings is 2. The zero-order valence-corrected chi connectivity index (χ0v) is 22.7. The van der Waals surface area contributed by atoms with Crippen LogP contribution >= 0.6 is 11.6 Å². The van der Waals surface area contributed by atoms with Crippen LogP contribution in [0.15, 0.2) is 41.5 Å². The standard InChI is InChI=1S/C26H25ClF6N6O3/c1-10(34)14(12-5-16(28)20(30)17(29)6-12)8-36-21-22(40)24(41-19-9-37-42-23(19)21)25(38-11(2)35)39-18-7-13(27)3-4-15(18)26(31,32)33/h3-8,19,21-24,34,36-37,40H,9H2,1-2H3,(H2,35,38,39)/b14-8+,34-10?/t19?,21-,22?,23?,24?/m0/s1. The second kappa shape index (κ2) is 12.4. The number of hydroxylamine groups is 1. The highest BCUT2D eigenvalue weighted by molar-refractivity contribution is 6.31. The third-order valence-electron chi connectivity index (χ3n) is 6.45. The number of aliphatic hydroxyl groups is 1. The second-order valence-corrected chi connectivity index (χ2v) is 9.98. The summed E-state index contributed by atoms with van der Waals surface area (Å²) in [4.78, 5) is 9.46. The van der Waals surface area contributed by atoms with Crippen LogP contribution in [0.25, 0.3) is 5.57 Å². The summed E-state index contributed by atoms with van der Waals surface area (Å²) >= 11 is 5.95. The lowest BCUT2D eigenvalue weighted by Crippen LogP contribution is -2.63. The number of alkyl halides is 3. The number of anilines is 1. The minimum atomic E-state index is -4.78. The van der Waals surface area contributed by atoms with E-state index < -0.39 is 65.3 Å². The fourth-order valence-electron chi connectivity index (χ4n) is 4.57. The van der Waals surface area contributed by atoms with Crippen LogP contribution in [0, 0.1) is 28.3 Å². The van der Waals surface area contributed by atoms with Gasteiger partial charge in [-0.05, 0) is 49.7 Å². The maximum Gasteiger partial charge on any atom is 0.418 e. The SMILES string of the molecule is CC(=N)/N=C(\Nc1cc(Cl)ccc1C(F)(F)F)C1OC2CNOC2[C@@H](N/C=C(\C(C)=N)c2cc(F)c(F)c(F)c2)C1O. The minimum Gasteiger partial charge on any atom is -0.388 e. The van der Waals surface area contributed by atoms with Crippen molar-refractivity contribution in [2.75, 3.05) is 11.9 Å². The van der Waals surface area contributed by atoms with Crippen molar-refractivity contribution in [3.05, 3.63) is 70.1 Å². The number of aliphatic imine (C=N–C) groups is 1. The molecule has 0 radical (unpaired) electrons. The minimum absolute atomic E-state index is 0.0251. The quantitative estimate of drug-likeness (QED) is 0.121. The van der Waals surface area contributed by atoms with Crippen molar-refractivity contribution < 1.29 is 41.0 Å². The topological polar surface area (TPSA) is 135 Å². The molecule has 42 heavy (non-hydrogen) atoms. The zero-order valence-electron chi connectivity index (χ0n) is 21.9. The molecule has 0 amide bonds. The van der Waals surface area contributed by atoms with Gasteiger partial charge in [-0.15, -0.1) is 0 Å². The Hall–Kier alpha value is -3.50. The Kier molecular flexibility index (Phi) is 9.27. The summed E-state index contributed by atoms with van der Waals surface area (Å²) in [6.07, 6.45) is -8.32. The molecule has 4 rings (SSSR count). The molecule has 226 valence electrons. The maximum absolute atomic E-state index is 13.9. The van der Waals surface area contributed by atoms with Crippen LogP contribution in [-0.2, 0) is 15.8 Å². The van der Waals surface area contributed by atoms with Gasteiger partial charge in [0.2, 0.25) is 0 Å². The predicted octanol–water partition coefficient (Wildman–Crippen LogP) is 4.65. The summed E-state index contributed by atoms with van der Waals surface area (Å²) < 4.78 is 88.5. The fourth-order valence-corrected chi connectivity index (χ4v) is 4.74. The summed E-state index contributed by atoms with van der Waals surface area (Å²) in [5, 5.41) is 32.6. The van der Waals surface area contributed by atoms with Gasteiger partial charge in [0, 0.05) is 22.5 Å². The van der Waals surface area contributed by atoms with Crippen molar-refractivity contribution in [1.29, 1.82) is 10.8 Å². The van der Waals surface area contributed by atoms with Gasteiger partial charge in [0.25, 0.3) is 0 Å². The van der Waals surface area contributed by atoms with Crippen LogP contribution in [0.1, 0.15) is 25.0 Å². The van der Waals surface area contributed by atoms with Gasteiger partial charge in [-0.2, -0.15) is 18.7 Å². The highest BCUT2D eigenvalue weighted by atomic mass is 35.5. The molecule has 2 aromatic rings. The van der Waals surface area contributed by atoms with Crippen molar-refractivity contribution in [3.8, 4) is 0 Å². The smallest absolute Gasteiger partial charge is 0.388 e. The molecule has 0 spiro atoms. The maximum atomic E-state index is 13.9. The van der Waals surface area contributed by atoms with E-state index in [1.165, 1.54) is 20.0 Å². The van der Waals surface area contributed by atoms with Crippen LogP contribution in [0.4, 0.5) is 32.0 Å². The molecule has 2 aromatic carbocycles. The molecule has 2 fully saturated rings. The Labute approximate surface area is 240 Å². The van der Waals surface area contributed by atoms with Crippen molar-refractivity contribution >= 4 is 40.2 Å². The average molecular weight is 619 g/mol. The zero-order chi connectivity index (χ0) is 30.9. The van der Waals surface area contributed by atoms with Crippen LogP contribution < -0.4 is 16.1 Å². The Morgan fingerprint density at radius 3 is 2.40 bits per heavy atom. The number of allylic oxidation sites excluding steroid dienone is 1. The summed E-state index contributed by atoms with van der Waals surface area (Å²) in [5.74, 6) is -5.29. The Balaban J connectivity index is 1.71. The van der Waals surface area contributed by atoms with Crippen LogP contribution in [0.2, 0.25) is 5.02 Å². The molecule has 6 N–H and O–H groups in total. The molecule has 4 unspecified atom stereocenters. The van der Waals surface area contributed by atoms with Crippen molar-refractivity contribution in [2.24, 2.45) is 4.99 Å². The largest absolute Gasteiger partial charge is 0.418 e. The van der Waals surface area contributed by atoms with E-state index in [4.69, 9.17) is 32.0 Å². The molecule has 0 bridgehead atoms. The van der Waals surface area contributed by atoms with Gasteiger partial charge in [0.1, 0.15) is 36.1 Å². The second-order valence-electron chi connectivity index (χ2n) is 9.54. The molecule has 0 saturated carbocycles. The van der Waals surface area contributed by atoms with Gasteiger partial charge in [-0.25, -0.2) is 18.2 Å². The number of hydrogen-bond donors (Lipinski definition) is 6. The van der Waals surface area contributed by atoms with Gasteiger partial charge in [-0.3, -0.25) is 10.2 Å². The fraction of sp³-hybridized carbons (Fsp3) is 0.346. The normalized spacial score (nSPS) is 24.8. The predicted molar refractivity (Wildman–Crippen MR) is 143 cm³/mol. The highest BCUT2D eigenvalue weighted by Gasteiger charge is 2.50. The van der Waals surface area contributed by atoms with Crippen molar-refractivity contribution in [2.45, 2.75) is 50.5 Å². The number of halogens is 7. The lowest BCUT2D eigenvalue weighted by atomic mass is 9.91. The van der Waals surface area contributed by atoms with Crippen LogP contribution in [0.3, 0.4) is 0 Å². The van der Waals surface area contributed by atoms with Crippen LogP contribution in [-0.4, -0.2) is 59.5 Å². The number of hydrogen-bond acceptors (Lipinski definition) is 7. The van der Waals surface area contributed by atoms with Gasteiger partial charge < -0.3 is 25.9 Å². The Morgan fingerprint density at radius 2 is 1.81 bits per heavy atom. The molecule has 16 heteroatoms. The van der Waals surface area contributed by atoms with Crippen molar-refractivity contribution in [1.82, 2.24) is 10.8 Å². The average Bonchev–Trinajstić information content (AvgIpc) is 3.35. The Bertz CT molecular complexity index is 1430. The number of ether oxygens (including phenoxy) is 1. The first-order valence-electron chi connectivity index (χ1n) is 12.3. The van der Waals surface area contributed by atoms with E-state index in [9.17, 15) is 31.4 Å². The molecule has 2 aliphatic heterocycles. The van der Waals surface area contributed by atoms with Gasteiger partial charge in [-0.1, -0.05) is 11.6 Å². The summed E-state index contributed by atoms with van der Waals surface area (Å²) in [6.45, 7) is 2.68. The molecule has 5 atom stereocenters. The van der Waals surface area contributed by atoms with Gasteiger partial charge >= 0.3 is 6.18 Å². The van der Waals surface area contributed by atoms with E-state index in [0.717, 1.165) is 18.2 Å². The Morgan fingerprint density at radius 1 is 1.14 bits per heavy atom. The molecule has 0 aliphatic carbocycles. The molecule has 2 saturated heterocycles.